The molecule has 1 amide bonds. The largest absolute Gasteiger partial charge is 0.497 e. The molecular weight excluding hydrogens is 452 g/mol. The molecule has 1 N–H and O–H groups in total. The van der Waals surface area contributed by atoms with Gasteiger partial charge in [0.25, 0.3) is 0 Å². The Morgan fingerprint density at radius 1 is 1.00 bits per heavy atom. The third-order valence-corrected chi connectivity index (χ3v) is 5.78. The monoisotopic (exact) mass is 484 g/mol. The van der Waals surface area contributed by atoms with Crippen LogP contribution in [-0.4, -0.2) is 40.1 Å². The summed E-state index contributed by atoms with van der Waals surface area (Å²) in [7, 11) is 1.63. The summed E-state index contributed by atoms with van der Waals surface area (Å²) in [5.74, 6) is 3.46. The summed E-state index contributed by atoms with van der Waals surface area (Å²) >= 11 is 1.36. The number of nitrogens with zero attached hydrogens (tertiary/aromatic N) is 3. The van der Waals surface area contributed by atoms with Crippen molar-refractivity contribution in [3.63, 3.8) is 0 Å². The number of carbonyl (C=O) groups excluding carboxylic acids is 1. The van der Waals surface area contributed by atoms with E-state index in [1.807, 2.05) is 66.9 Å². The number of ether oxygens (including phenoxy) is 3. The van der Waals surface area contributed by atoms with Crippen molar-refractivity contribution in [1.29, 1.82) is 0 Å². The number of rotatable bonds is 12. The number of anilines is 1. The van der Waals surface area contributed by atoms with Gasteiger partial charge in [-0.25, -0.2) is 0 Å². The fraction of sp³-hybridized carbons (Fsp3) is 0.400. The van der Waals surface area contributed by atoms with Crippen LogP contribution in [0.4, 0.5) is 5.69 Å². The maximum absolute atomic E-state index is 12.5. The lowest BCUT2D eigenvalue weighted by Crippen LogP contribution is -2.17. The van der Waals surface area contributed by atoms with Crippen molar-refractivity contribution in [3.05, 3.63) is 54.4 Å². The molecule has 2 aromatic carbocycles. The fourth-order valence-corrected chi connectivity index (χ4v) is 4.04. The maximum Gasteiger partial charge on any atom is 0.234 e. The smallest absolute Gasteiger partial charge is 0.234 e. The van der Waals surface area contributed by atoms with Crippen molar-refractivity contribution in [1.82, 2.24) is 14.8 Å². The number of benzene rings is 2. The van der Waals surface area contributed by atoms with E-state index in [9.17, 15) is 4.79 Å². The van der Waals surface area contributed by atoms with Crippen LogP contribution < -0.4 is 19.5 Å². The minimum Gasteiger partial charge on any atom is -0.497 e. The molecule has 1 aromatic heterocycles. The molecule has 1 heterocycles. The standard InChI is InChI=1S/C25H32N4O4S/c1-6-32-21-9-7-19(8-10-21)26-23(30)16-34-25-28-27-24(29(25)15-17(2)3)18(4)33-22-13-11-20(31-5)12-14-22/h7-14,17-18H,6,15-16H2,1-5H3,(H,26,30). The van der Waals surface area contributed by atoms with Crippen molar-refractivity contribution < 1.29 is 19.0 Å². The van der Waals surface area contributed by atoms with E-state index in [0.717, 1.165) is 35.3 Å². The Kier molecular flexibility index (Phi) is 9.21. The Morgan fingerprint density at radius 2 is 1.65 bits per heavy atom. The number of hydrogen-bond donors (Lipinski definition) is 1. The molecule has 9 heteroatoms. The van der Waals surface area contributed by atoms with E-state index < -0.39 is 0 Å². The van der Waals surface area contributed by atoms with Crippen LogP contribution in [0, 0.1) is 5.92 Å². The van der Waals surface area contributed by atoms with E-state index in [-0.39, 0.29) is 17.8 Å². The molecule has 0 radical (unpaired) electrons. The van der Waals surface area contributed by atoms with E-state index in [4.69, 9.17) is 14.2 Å². The van der Waals surface area contributed by atoms with Gasteiger partial charge in [0.2, 0.25) is 5.91 Å². The van der Waals surface area contributed by atoms with Crippen LogP contribution in [0.3, 0.4) is 0 Å². The normalized spacial score (nSPS) is 11.8. The summed E-state index contributed by atoms with van der Waals surface area (Å²) in [6.07, 6.45) is -0.313. The molecule has 34 heavy (non-hydrogen) atoms. The second kappa shape index (κ2) is 12.3. The van der Waals surface area contributed by atoms with Crippen molar-refractivity contribution in [2.45, 2.75) is 45.5 Å². The summed E-state index contributed by atoms with van der Waals surface area (Å²) in [6.45, 7) is 9.46. The Bertz CT molecular complexity index is 1050. The third-order valence-electron chi connectivity index (χ3n) is 4.81. The third kappa shape index (κ3) is 7.15. The summed E-state index contributed by atoms with van der Waals surface area (Å²) in [6, 6.07) is 14.7. The molecule has 0 saturated carbocycles. The van der Waals surface area contributed by atoms with Crippen LogP contribution in [0.5, 0.6) is 17.2 Å². The summed E-state index contributed by atoms with van der Waals surface area (Å²) in [5, 5.41) is 12.3. The van der Waals surface area contributed by atoms with Gasteiger partial charge < -0.3 is 24.1 Å². The Labute approximate surface area is 205 Å². The van der Waals surface area contributed by atoms with Gasteiger partial charge in [-0.15, -0.1) is 10.2 Å². The molecule has 1 atom stereocenters. The van der Waals surface area contributed by atoms with Gasteiger partial charge in [0.05, 0.1) is 19.5 Å². The zero-order valence-electron chi connectivity index (χ0n) is 20.3. The van der Waals surface area contributed by atoms with Crippen LogP contribution in [-0.2, 0) is 11.3 Å². The van der Waals surface area contributed by atoms with E-state index in [0.29, 0.717) is 17.7 Å². The zero-order valence-corrected chi connectivity index (χ0v) is 21.1. The molecule has 3 rings (SSSR count). The molecule has 0 bridgehead atoms. The molecule has 0 fully saturated rings. The molecule has 0 aliphatic carbocycles. The zero-order chi connectivity index (χ0) is 24.5. The molecule has 8 nitrogen and oxygen atoms in total. The number of methoxy groups -OCH3 is 1. The van der Waals surface area contributed by atoms with Gasteiger partial charge >= 0.3 is 0 Å². The number of amides is 1. The fourth-order valence-electron chi connectivity index (χ4n) is 3.28. The highest BCUT2D eigenvalue weighted by molar-refractivity contribution is 7.99. The van der Waals surface area contributed by atoms with E-state index in [1.165, 1.54) is 11.8 Å². The first kappa shape index (κ1) is 25.4. The van der Waals surface area contributed by atoms with Gasteiger partial charge in [-0.05, 0) is 68.3 Å². The highest BCUT2D eigenvalue weighted by Gasteiger charge is 2.21. The molecule has 0 aliphatic heterocycles. The van der Waals surface area contributed by atoms with Crippen LogP contribution in [0.15, 0.2) is 53.7 Å². The first-order chi connectivity index (χ1) is 16.4. The molecule has 1 unspecified atom stereocenters. The van der Waals surface area contributed by atoms with Gasteiger partial charge in [0.1, 0.15) is 17.2 Å². The Hall–Kier alpha value is -3.20. The van der Waals surface area contributed by atoms with Crippen molar-refractivity contribution >= 4 is 23.4 Å². The highest BCUT2D eigenvalue weighted by Crippen LogP contribution is 2.27. The van der Waals surface area contributed by atoms with E-state index >= 15 is 0 Å². The number of aromatic nitrogens is 3. The molecular formula is C25H32N4O4S. The maximum atomic E-state index is 12.5. The molecule has 0 aliphatic rings. The van der Waals surface area contributed by atoms with Crippen molar-refractivity contribution in [3.8, 4) is 17.2 Å². The van der Waals surface area contributed by atoms with Crippen LogP contribution in [0.2, 0.25) is 0 Å². The second-order valence-corrected chi connectivity index (χ2v) is 9.02. The lowest BCUT2D eigenvalue weighted by molar-refractivity contribution is -0.113. The number of carbonyl (C=O) groups is 1. The van der Waals surface area contributed by atoms with Crippen molar-refractivity contribution in [2.24, 2.45) is 5.92 Å². The lowest BCUT2D eigenvalue weighted by Gasteiger charge is -2.18. The van der Waals surface area contributed by atoms with Gasteiger partial charge in [-0.1, -0.05) is 25.6 Å². The number of nitrogens with one attached hydrogen (secondary N) is 1. The van der Waals surface area contributed by atoms with Gasteiger partial charge in [0, 0.05) is 12.2 Å². The average molecular weight is 485 g/mol. The highest BCUT2D eigenvalue weighted by atomic mass is 32.2. The minimum atomic E-state index is -0.313. The molecule has 0 saturated heterocycles. The first-order valence-corrected chi connectivity index (χ1v) is 12.3. The molecule has 3 aromatic rings. The van der Waals surface area contributed by atoms with Gasteiger partial charge in [-0.3, -0.25) is 4.79 Å². The lowest BCUT2D eigenvalue weighted by atomic mass is 10.2. The predicted molar refractivity (Wildman–Crippen MR) is 134 cm³/mol. The van der Waals surface area contributed by atoms with Crippen molar-refractivity contribution in [2.75, 3.05) is 24.8 Å². The SMILES string of the molecule is CCOc1ccc(NC(=O)CSc2nnc(C(C)Oc3ccc(OC)cc3)n2CC(C)C)cc1. The Morgan fingerprint density at radius 3 is 2.26 bits per heavy atom. The van der Waals surface area contributed by atoms with Crippen LogP contribution in [0.1, 0.15) is 39.6 Å². The number of thioether (sulfide) groups is 1. The molecule has 182 valence electrons. The van der Waals surface area contributed by atoms with Gasteiger partial charge in [-0.2, -0.15) is 0 Å². The first-order valence-electron chi connectivity index (χ1n) is 11.3. The van der Waals surface area contributed by atoms with Crippen LogP contribution >= 0.6 is 11.8 Å². The van der Waals surface area contributed by atoms with E-state index in [2.05, 4.69) is 29.4 Å². The predicted octanol–water partition coefficient (Wildman–Crippen LogP) is 5.21. The average Bonchev–Trinajstić information content (AvgIpc) is 3.21. The minimum absolute atomic E-state index is 0.114. The van der Waals surface area contributed by atoms with Crippen LogP contribution in [0.25, 0.3) is 0 Å². The number of hydrogen-bond acceptors (Lipinski definition) is 7. The van der Waals surface area contributed by atoms with E-state index in [1.54, 1.807) is 7.11 Å². The summed E-state index contributed by atoms with van der Waals surface area (Å²) < 4.78 is 18.8. The topological polar surface area (TPSA) is 87.5 Å². The van der Waals surface area contributed by atoms with Gasteiger partial charge in [0.15, 0.2) is 17.1 Å². The summed E-state index contributed by atoms with van der Waals surface area (Å²) in [5.41, 5.74) is 0.722. The second-order valence-electron chi connectivity index (χ2n) is 8.08. The Balaban J connectivity index is 1.64. The quantitative estimate of drug-likeness (QED) is 0.353. The summed E-state index contributed by atoms with van der Waals surface area (Å²) in [4.78, 5) is 12.5. The molecule has 0 spiro atoms.